The molecule has 5 heteroatoms. The Bertz CT molecular complexity index is 263. The Morgan fingerprint density at radius 3 is 2.08 bits per heavy atom. The molecule has 0 radical (unpaired) electrons. The van der Waals surface area contributed by atoms with Crippen molar-refractivity contribution >= 4 is 43.1 Å². The number of aliphatic carboxylic acids is 1. The maximum Gasteiger partial charge on any atom is 0.314 e. The summed E-state index contributed by atoms with van der Waals surface area (Å²) in [5, 5.41) is 7.71. The Hall–Kier alpha value is -0.300. The Morgan fingerprint density at radius 2 is 1.85 bits per heavy atom. The molecule has 0 fully saturated rings. The van der Waals surface area contributed by atoms with Crippen molar-refractivity contribution in [1.29, 1.82) is 0 Å². The zero-order chi connectivity index (χ0) is 10.1. The van der Waals surface area contributed by atoms with Gasteiger partial charge in [0.1, 0.15) is 5.33 Å². The van der Waals surface area contributed by atoms with Crippen LogP contribution in [0.5, 0.6) is 0 Å². The summed E-state index contributed by atoms with van der Waals surface area (Å²) in [7, 11) is 0. The minimum atomic E-state index is -0.941. The van der Waals surface area contributed by atoms with Gasteiger partial charge in [-0.05, 0) is 12.1 Å². The molecular formula is C8H8BrIO3. The van der Waals surface area contributed by atoms with Gasteiger partial charge in [-0.1, -0.05) is 34.1 Å². The molecule has 0 aliphatic rings. The van der Waals surface area contributed by atoms with Crippen LogP contribution in [-0.4, -0.2) is 16.4 Å². The molecule has 0 saturated carbocycles. The van der Waals surface area contributed by atoms with Gasteiger partial charge in [0, 0.05) is 3.57 Å². The second-order valence-corrected chi connectivity index (χ2v) is 4.15. The molecule has 0 unspecified atom stereocenters. The molecule has 0 heterocycles. The molecule has 13 heavy (non-hydrogen) atoms. The lowest BCUT2D eigenvalue weighted by atomic mass is 10.4. The maximum absolute atomic E-state index is 10.2. The van der Waals surface area contributed by atoms with Crippen LogP contribution in [0.15, 0.2) is 30.3 Å². The lowest BCUT2D eigenvalue weighted by molar-refractivity contribution is -0.133. The quantitative estimate of drug-likeness (QED) is 0.653. The van der Waals surface area contributed by atoms with Gasteiger partial charge >= 0.3 is 5.97 Å². The van der Waals surface area contributed by atoms with Gasteiger partial charge in [0.2, 0.25) is 0 Å². The summed E-state index contributed by atoms with van der Waals surface area (Å²) in [4.78, 5) is 9.32. The van der Waals surface area contributed by atoms with Gasteiger partial charge in [-0.2, -0.15) is 0 Å². The zero-order valence-electron chi connectivity index (χ0n) is 6.61. The summed E-state index contributed by atoms with van der Waals surface area (Å²) in [6, 6.07) is 9.46. The van der Waals surface area contributed by atoms with Crippen molar-refractivity contribution in [2.45, 2.75) is 0 Å². The van der Waals surface area contributed by atoms with Gasteiger partial charge in [-0.15, -0.1) is 0 Å². The van der Waals surface area contributed by atoms with Gasteiger partial charge in [0.05, 0.1) is 0 Å². The third kappa shape index (κ3) is 8.04. The van der Waals surface area contributed by atoms with Crippen LogP contribution in [0.3, 0.4) is 0 Å². The van der Waals surface area contributed by atoms with Crippen LogP contribution in [0.2, 0.25) is 0 Å². The van der Waals surface area contributed by atoms with Crippen molar-refractivity contribution in [1.82, 2.24) is 0 Å². The highest BCUT2D eigenvalue weighted by Crippen LogP contribution is 2.06. The van der Waals surface area contributed by atoms with Crippen molar-refractivity contribution in [3.63, 3.8) is 0 Å². The van der Waals surface area contributed by atoms with Gasteiger partial charge < -0.3 is 5.11 Å². The molecule has 1 aromatic rings. The number of halogens is 2. The Labute approximate surface area is 94.9 Å². The molecule has 72 valence electrons. The molecule has 0 saturated heterocycles. The van der Waals surface area contributed by atoms with E-state index in [4.69, 9.17) is 5.11 Å². The van der Waals surface area contributed by atoms with E-state index in [0.717, 1.165) is 3.57 Å². The average molecular weight is 359 g/mol. The molecule has 1 aromatic carbocycles. The highest BCUT2D eigenvalue weighted by molar-refractivity contribution is 14.1. The molecule has 0 aliphatic heterocycles. The molecule has 0 atom stereocenters. The van der Waals surface area contributed by atoms with E-state index in [2.05, 4.69) is 15.9 Å². The van der Waals surface area contributed by atoms with Gasteiger partial charge in [0.15, 0.2) is 21.2 Å². The molecule has 0 amide bonds. The number of hydrogen-bond acceptors (Lipinski definition) is 2. The Balaban J connectivity index is 0.000000252. The minimum absolute atomic E-state index is 0.0347. The number of hydrogen-bond donors (Lipinski definition) is 1. The first kappa shape index (κ1) is 12.7. The number of carboxylic acids is 1. The van der Waals surface area contributed by atoms with Crippen LogP contribution in [0.1, 0.15) is 0 Å². The minimum Gasteiger partial charge on any atom is -0.481 e. The molecule has 1 N–H and O–H groups in total. The lowest BCUT2D eigenvalue weighted by Crippen LogP contribution is -1.92. The summed E-state index contributed by atoms with van der Waals surface area (Å²) in [5.74, 6) is -0.829. The largest absolute Gasteiger partial charge is 0.481 e. The van der Waals surface area contributed by atoms with E-state index >= 15 is 0 Å². The number of rotatable bonds is 2. The molecule has 3 nitrogen and oxygen atoms in total. The van der Waals surface area contributed by atoms with E-state index in [9.17, 15) is 7.86 Å². The van der Waals surface area contributed by atoms with Crippen molar-refractivity contribution in [3.8, 4) is 0 Å². The van der Waals surface area contributed by atoms with Crippen LogP contribution < -0.4 is 0 Å². The number of carboxylic acid groups (broad SMARTS) is 1. The van der Waals surface area contributed by atoms with Crippen LogP contribution in [0, 0.1) is 3.57 Å². The fourth-order valence-electron chi connectivity index (χ4n) is 0.466. The topological polar surface area (TPSA) is 54.4 Å². The Kier molecular flexibility index (Phi) is 8.11. The van der Waals surface area contributed by atoms with E-state index in [1.165, 1.54) is 0 Å². The molecule has 0 aliphatic carbocycles. The zero-order valence-corrected chi connectivity index (χ0v) is 10.4. The molecule has 0 bridgehead atoms. The standard InChI is InChI=1S/C6H5IO.C2H3BrO2/c8-7-6-4-2-1-3-5-6;3-1-2(4)5/h1-5H;1H2,(H,4,5). The third-order valence-electron chi connectivity index (χ3n) is 0.937. The fraction of sp³-hybridized carbons (Fsp3) is 0.125. The SMILES string of the molecule is O=C(O)CBr.O=Ic1ccccc1. The van der Waals surface area contributed by atoms with Crippen LogP contribution >= 0.6 is 37.1 Å². The first-order chi connectivity index (χ1) is 6.20. The first-order valence-corrected chi connectivity index (χ1v) is 6.38. The second-order valence-electron chi connectivity index (χ2n) is 1.90. The summed E-state index contributed by atoms with van der Waals surface area (Å²) < 4.78 is 11.2. The van der Waals surface area contributed by atoms with E-state index < -0.39 is 27.2 Å². The van der Waals surface area contributed by atoms with Crippen molar-refractivity contribution in [3.05, 3.63) is 33.9 Å². The van der Waals surface area contributed by atoms with Crippen molar-refractivity contribution in [2.75, 3.05) is 5.33 Å². The summed E-state index contributed by atoms with van der Waals surface area (Å²) in [6.45, 7) is 0. The second kappa shape index (κ2) is 8.31. The summed E-state index contributed by atoms with van der Waals surface area (Å²) in [5.41, 5.74) is 0. The van der Waals surface area contributed by atoms with E-state index in [0.29, 0.717) is 0 Å². The highest BCUT2D eigenvalue weighted by Gasteiger charge is 1.83. The average Bonchev–Trinajstić information content (AvgIpc) is 2.20. The van der Waals surface area contributed by atoms with Gasteiger partial charge in [-0.25, -0.2) is 0 Å². The van der Waals surface area contributed by atoms with Crippen molar-refractivity contribution < 1.29 is 13.0 Å². The monoisotopic (exact) mass is 358 g/mol. The van der Waals surface area contributed by atoms with Crippen LogP contribution in [-0.2, 0) is 7.86 Å². The van der Waals surface area contributed by atoms with E-state index in [1.807, 2.05) is 30.3 Å². The maximum atomic E-state index is 10.2. The van der Waals surface area contributed by atoms with Crippen LogP contribution in [0.4, 0.5) is 0 Å². The van der Waals surface area contributed by atoms with E-state index in [-0.39, 0.29) is 5.33 Å². The van der Waals surface area contributed by atoms with E-state index in [1.54, 1.807) is 0 Å². The highest BCUT2D eigenvalue weighted by atomic mass is 127. The lowest BCUT2D eigenvalue weighted by Gasteiger charge is -1.80. The summed E-state index contributed by atoms with van der Waals surface area (Å²) >= 11 is 1.77. The number of benzene rings is 1. The normalized spacial score (nSPS) is 8.38. The molecule has 1 rings (SSSR count). The molecule has 0 spiro atoms. The molecule has 0 aromatic heterocycles. The Morgan fingerprint density at radius 1 is 1.38 bits per heavy atom. The number of carbonyl (C=O) groups is 1. The smallest absolute Gasteiger partial charge is 0.314 e. The van der Waals surface area contributed by atoms with Gasteiger partial charge in [-0.3, -0.25) is 7.86 Å². The summed E-state index contributed by atoms with van der Waals surface area (Å²) in [6.07, 6.45) is 0. The predicted molar refractivity (Wildman–Crippen MR) is 61.3 cm³/mol. The van der Waals surface area contributed by atoms with Crippen LogP contribution in [0.25, 0.3) is 0 Å². The molecular weight excluding hydrogens is 351 g/mol. The third-order valence-corrected chi connectivity index (χ3v) is 2.64. The van der Waals surface area contributed by atoms with Crippen molar-refractivity contribution in [2.24, 2.45) is 0 Å². The first-order valence-electron chi connectivity index (χ1n) is 3.30. The fourth-order valence-corrected chi connectivity index (χ4v) is 1.17. The van der Waals surface area contributed by atoms with Gasteiger partial charge in [0.25, 0.3) is 0 Å². The predicted octanol–water partition coefficient (Wildman–Crippen LogP) is 2.64. The number of alkyl halides is 1.